The Morgan fingerprint density at radius 1 is 1.35 bits per heavy atom. The van der Waals surface area contributed by atoms with E-state index in [1.807, 2.05) is 19.1 Å². The van der Waals surface area contributed by atoms with E-state index in [0.717, 1.165) is 5.56 Å². The van der Waals surface area contributed by atoms with Crippen LogP contribution in [0.2, 0.25) is 0 Å². The molecule has 1 aromatic carbocycles. The number of nitrogens with zero attached hydrogens (tertiary/aromatic N) is 1. The largest absolute Gasteiger partial charge is 0.478 e. The zero-order valence-electron chi connectivity index (χ0n) is 10.5. The van der Waals surface area contributed by atoms with Gasteiger partial charge < -0.3 is 10.4 Å². The summed E-state index contributed by atoms with van der Waals surface area (Å²) in [4.78, 5) is 23.8. The van der Waals surface area contributed by atoms with Gasteiger partial charge in [0, 0.05) is 0 Å². The number of amides is 1. The number of aryl methyl sites for hydroxylation is 1. The number of carboxylic acid groups (broad SMARTS) is 1. The van der Waals surface area contributed by atoms with Crippen molar-refractivity contribution in [1.82, 2.24) is 0 Å². The number of hydrogen-bond acceptors (Lipinski definition) is 4. The lowest BCUT2D eigenvalue weighted by atomic mass is 10.1. The van der Waals surface area contributed by atoms with E-state index in [2.05, 4.69) is 5.32 Å². The van der Waals surface area contributed by atoms with Crippen molar-refractivity contribution in [2.24, 2.45) is 0 Å². The standard InChI is InChI=1S/C14H10N2O3S/c1-8-4-5-20-12(8)13(17)16-11-3-2-9(7-15)6-10(11)14(18)19/h2-6H,1H3,(H,16,17)(H,18,19). The molecule has 2 rings (SSSR count). The van der Waals surface area contributed by atoms with Crippen molar-refractivity contribution >= 4 is 28.9 Å². The number of rotatable bonds is 3. The first-order valence-corrected chi connectivity index (χ1v) is 6.53. The maximum absolute atomic E-state index is 12.1. The highest BCUT2D eigenvalue weighted by atomic mass is 32.1. The van der Waals surface area contributed by atoms with Crippen LogP contribution in [0.4, 0.5) is 5.69 Å². The Morgan fingerprint density at radius 3 is 2.65 bits per heavy atom. The van der Waals surface area contributed by atoms with Gasteiger partial charge in [0.1, 0.15) is 0 Å². The number of hydrogen-bond donors (Lipinski definition) is 2. The summed E-state index contributed by atoms with van der Waals surface area (Å²) in [5, 5.41) is 22.3. The Bertz CT molecular complexity index is 728. The molecule has 0 saturated carbocycles. The molecule has 0 spiro atoms. The molecule has 0 unspecified atom stereocenters. The number of aromatic carboxylic acids is 1. The molecule has 1 heterocycles. The second-order valence-corrected chi connectivity index (χ2v) is 4.98. The van der Waals surface area contributed by atoms with Crippen LogP contribution in [0.3, 0.4) is 0 Å². The van der Waals surface area contributed by atoms with Crippen molar-refractivity contribution in [2.45, 2.75) is 6.92 Å². The second-order valence-electron chi connectivity index (χ2n) is 4.06. The van der Waals surface area contributed by atoms with Crippen LogP contribution < -0.4 is 5.32 Å². The van der Waals surface area contributed by atoms with Gasteiger partial charge in [0.05, 0.1) is 27.8 Å². The zero-order valence-corrected chi connectivity index (χ0v) is 11.3. The number of nitriles is 1. The zero-order chi connectivity index (χ0) is 14.7. The number of benzene rings is 1. The van der Waals surface area contributed by atoms with Gasteiger partial charge in [-0.3, -0.25) is 4.79 Å². The average molecular weight is 286 g/mol. The molecule has 1 amide bonds. The minimum Gasteiger partial charge on any atom is -0.478 e. The average Bonchev–Trinajstić information content (AvgIpc) is 2.85. The van der Waals surface area contributed by atoms with Gasteiger partial charge in [-0.05, 0) is 42.1 Å². The predicted molar refractivity (Wildman–Crippen MR) is 75.1 cm³/mol. The molecular formula is C14H10N2O3S. The highest BCUT2D eigenvalue weighted by molar-refractivity contribution is 7.12. The summed E-state index contributed by atoms with van der Waals surface area (Å²) < 4.78 is 0. The minimum absolute atomic E-state index is 0.105. The third kappa shape index (κ3) is 2.68. The third-order valence-electron chi connectivity index (χ3n) is 2.70. The molecule has 2 N–H and O–H groups in total. The van der Waals surface area contributed by atoms with Crippen LogP contribution in [0.1, 0.15) is 31.2 Å². The second kappa shape index (κ2) is 5.55. The highest BCUT2D eigenvalue weighted by Gasteiger charge is 2.16. The van der Waals surface area contributed by atoms with E-state index in [1.165, 1.54) is 29.5 Å². The van der Waals surface area contributed by atoms with E-state index < -0.39 is 5.97 Å². The lowest BCUT2D eigenvalue weighted by Crippen LogP contribution is -2.14. The third-order valence-corrected chi connectivity index (χ3v) is 3.71. The molecule has 2 aromatic rings. The number of thiophene rings is 1. The molecule has 0 radical (unpaired) electrons. The van der Waals surface area contributed by atoms with Crippen molar-refractivity contribution in [3.05, 3.63) is 51.2 Å². The minimum atomic E-state index is -1.19. The van der Waals surface area contributed by atoms with Crippen molar-refractivity contribution in [2.75, 3.05) is 5.32 Å². The van der Waals surface area contributed by atoms with Crippen LogP contribution in [0.5, 0.6) is 0 Å². The quantitative estimate of drug-likeness (QED) is 0.907. The number of nitrogens with one attached hydrogen (secondary N) is 1. The fourth-order valence-electron chi connectivity index (χ4n) is 1.68. The Hall–Kier alpha value is -2.65. The fraction of sp³-hybridized carbons (Fsp3) is 0.0714. The molecule has 100 valence electrons. The molecule has 20 heavy (non-hydrogen) atoms. The van der Waals surface area contributed by atoms with Crippen molar-refractivity contribution in [3.8, 4) is 6.07 Å². The Kier molecular flexibility index (Phi) is 3.82. The summed E-state index contributed by atoms with van der Waals surface area (Å²) in [5.41, 5.74) is 1.13. The van der Waals surface area contributed by atoms with Crippen LogP contribution in [-0.4, -0.2) is 17.0 Å². The van der Waals surface area contributed by atoms with Gasteiger partial charge in [-0.2, -0.15) is 5.26 Å². The molecule has 0 fully saturated rings. The maximum atomic E-state index is 12.1. The highest BCUT2D eigenvalue weighted by Crippen LogP contribution is 2.21. The maximum Gasteiger partial charge on any atom is 0.337 e. The van der Waals surface area contributed by atoms with Gasteiger partial charge in [-0.15, -0.1) is 11.3 Å². The smallest absolute Gasteiger partial charge is 0.337 e. The monoisotopic (exact) mass is 286 g/mol. The number of anilines is 1. The lowest BCUT2D eigenvalue weighted by Gasteiger charge is -2.08. The van der Waals surface area contributed by atoms with Crippen LogP contribution in [-0.2, 0) is 0 Å². The molecule has 6 heteroatoms. The van der Waals surface area contributed by atoms with E-state index in [1.54, 1.807) is 5.38 Å². The summed E-state index contributed by atoms with van der Waals surface area (Å²) >= 11 is 1.29. The van der Waals surface area contributed by atoms with Gasteiger partial charge in [0.15, 0.2) is 0 Å². The summed E-state index contributed by atoms with van der Waals surface area (Å²) in [5.74, 6) is -1.55. The van der Waals surface area contributed by atoms with E-state index in [4.69, 9.17) is 10.4 Å². The van der Waals surface area contributed by atoms with Crippen molar-refractivity contribution in [1.29, 1.82) is 5.26 Å². The van der Waals surface area contributed by atoms with Gasteiger partial charge in [0.2, 0.25) is 0 Å². The Balaban J connectivity index is 2.35. The molecule has 0 bridgehead atoms. The summed E-state index contributed by atoms with van der Waals surface area (Å²) in [6.07, 6.45) is 0. The Labute approximate surface area is 119 Å². The number of carboxylic acids is 1. The van der Waals surface area contributed by atoms with Crippen LogP contribution in [0.15, 0.2) is 29.6 Å². The summed E-state index contributed by atoms with van der Waals surface area (Å²) in [6, 6.07) is 7.80. The number of carbonyl (C=O) groups excluding carboxylic acids is 1. The first-order chi connectivity index (χ1) is 9.52. The van der Waals surface area contributed by atoms with Crippen LogP contribution in [0, 0.1) is 18.3 Å². The molecule has 0 aliphatic heterocycles. The molecule has 5 nitrogen and oxygen atoms in total. The van der Waals surface area contributed by atoms with E-state index >= 15 is 0 Å². The fourth-order valence-corrected chi connectivity index (χ4v) is 2.50. The van der Waals surface area contributed by atoms with Gasteiger partial charge in [-0.25, -0.2) is 4.79 Å². The predicted octanol–water partition coefficient (Wildman–Crippen LogP) is 2.88. The summed E-state index contributed by atoms with van der Waals surface area (Å²) in [7, 11) is 0. The van der Waals surface area contributed by atoms with Gasteiger partial charge in [-0.1, -0.05) is 0 Å². The molecule has 0 aliphatic carbocycles. The van der Waals surface area contributed by atoms with Crippen LogP contribution >= 0.6 is 11.3 Å². The SMILES string of the molecule is Cc1ccsc1C(=O)Nc1ccc(C#N)cc1C(=O)O. The molecule has 0 atom stereocenters. The first-order valence-electron chi connectivity index (χ1n) is 5.66. The number of carbonyl (C=O) groups is 2. The van der Waals surface area contributed by atoms with Crippen molar-refractivity contribution < 1.29 is 14.7 Å². The van der Waals surface area contributed by atoms with Crippen molar-refractivity contribution in [3.63, 3.8) is 0 Å². The normalized spacial score (nSPS) is 9.80. The molecule has 0 saturated heterocycles. The molecule has 1 aromatic heterocycles. The summed E-state index contributed by atoms with van der Waals surface area (Å²) in [6.45, 7) is 1.81. The Morgan fingerprint density at radius 2 is 2.10 bits per heavy atom. The lowest BCUT2D eigenvalue weighted by molar-refractivity contribution is 0.0698. The molecule has 0 aliphatic rings. The first kappa shape index (κ1) is 13.8. The van der Waals surface area contributed by atoms with Gasteiger partial charge in [0.25, 0.3) is 5.91 Å². The van der Waals surface area contributed by atoms with E-state index in [-0.39, 0.29) is 22.7 Å². The topological polar surface area (TPSA) is 90.2 Å². The van der Waals surface area contributed by atoms with E-state index in [0.29, 0.717) is 4.88 Å². The molecular weight excluding hydrogens is 276 g/mol. The van der Waals surface area contributed by atoms with Gasteiger partial charge >= 0.3 is 5.97 Å². The van der Waals surface area contributed by atoms with Crippen LogP contribution in [0.25, 0.3) is 0 Å². The van der Waals surface area contributed by atoms with E-state index in [9.17, 15) is 9.59 Å².